The number of nitrogens with two attached hydrogens (primary N) is 1. The predicted octanol–water partition coefficient (Wildman–Crippen LogP) is 1.91. The summed E-state index contributed by atoms with van der Waals surface area (Å²) in [5.41, 5.74) is 7.26. The van der Waals surface area contributed by atoms with Crippen molar-refractivity contribution in [2.24, 2.45) is 5.73 Å². The van der Waals surface area contributed by atoms with E-state index in [0.29, 0.717) is 16.9 Å². The van der Waals surface area contributed by atoms with Crippen molar-refractivity contribution >= 4 is 11.8 Å². The van der Waals surface area contributed by atoms with Crippen LogP contribution in [0.1, 0.15) is 26.3 Å². The minimum absolute atomic E-state index is 0.102. The van der Waals surface area contributed by atoms with E-state index in [2.05, 4.69) is 17.2 Å². The van der Waals surface area contributed by atoms with Crippen molar-refractivity contribution in [2.45, 2.75) is 6.92 Å². The van der Waals surface area contributed by atoms with Gasteiger partial charge < -0.3 is 15.8 Å². The highest BCUT2D eigenvalue weighted by atomic mass is 16.5. The molecular formula is C19H18N2O3. The fourth-order valence-electron chi connectivity index (χ4n) is 1.95. The highest BCUT2D eigenvalue weighted by Gasteiger charge is 2.07. The highest BCUT2D eigenvalue weighted by molar-refractivity contribution is 5.95. The van der Waals surface area contributed by atoms with E-state index in [1.165, 1.54) is 0 Å². The van der Waals surface area contributed by atoms with E-state index < -0.39 is 5.91 Å². The molecule has 0 aromatic heterocycles. The Morgan fingerprint density at radius 1 is 1.08 bits per heavy atom. The van der Waals surface area contributed by atoms with E-state index in [1.54, 1.807) is 36.4 Å². The number of carbonyl (C=O) groups is 2. The largest absolute Gasteiger partial charge is 0.480 e. The fraction of sp³-hybridized carbons (Fsp3) is 0.158. The van der Waals surface area contributed by atoms with Crippen molar-refractivity contribution in [3.05, 3.63) is 65.2 Å². The molecule has 0 radical (unpaired) electrons. The number of nitrogens with one attached hydrogen (secondary N) is 1. The first-order valence-electron chi connectivity index (χ1n) is 7.40. The van der Waals surface area contributed by atoms with Gasteiger partial charge in [-0.1, -0.05) is 41.7 Å². The van der Waals surface area contributed by atoms with Crippen LogP contribution in [0, 0.1) is 18.8 Å². The van der Waals surface area contributed by atoms with Crippen molar-refractivity contribution in [1.29, 1.82) is 0 Å². The Balaban J connectivity index is 1.79. The molecule has 2 aromatic carbocycles. The van der Waals surface area contributed by atoms with Gasteiger partial charge in [-0.05, 0) is 31.2 Å². The van der Waals surface area contributed by atoms with E-state index in [1.807, 2.05) is 19.1 Å². The molecule has 0 heterocycles. The lowest BCUT2D eigenvalue weighted by molar-refractivity contribution is 0.0957. The van der Waals surface area contributed by atoms with Crippen LogP contribution in [0.2, 0.25) is 0 Å². The van der Waals surface area contributed by atoms with Gasteiger partial charge in [0, 0.05) is 5.56 Å². The molecular weight excluding hydrogens is 304 g/mol. The Labute approximate surface area is 140 Å². The molecule has 0 saturated carbocycles. The fourth-order valence-corrected chi connectivity index (χ4v) is 1.95. The zero-order valence-electron chi connectivity index (χ0n) is 13.3. The average molecular weight is 322 g/mol. The molecule has 0 saturated heterocycles. The van der Waals surface area contributed by atoms with Crippen LogP contribution >= 0.6 is 0 Å². The van der Waals surface area contributed by atoms with Crippen molar-refractivity contribution in [2.75, 3.05) is 13.2 Å². The molecule has 0 spiro atoms. The summed E-state index contributed by atoms with van der Waals surface area (Å²) in [5, 5.41) is 2.70. The van der Waals surface area contributed by atoms with Crippen LogP contribution in [0.15, 0.2) is 48.5 Å². The van der Waals surface area contributed by atoms with Gasteiger partial charge in [-0.15, -0.1) is 0 Å². The lowest BCUT2D eigenvalue weighted by Gasteiger charge is -2.05. The summed E-state index contributed by atoms with van der Waals surface area (Å²) in [4.78, 5) is 23.1. The van der Waals surface area contributed by atoms with Crippen LogP contribution in [0.3, 0.4) is 0 Å². The minimum Gasteiger partial charge on any atom is -0.480 e. The van der Waals surface area contributed by atoms with Crippen LogP contribution in [0.25, 0.3) is 0 Å². The maximum Gasteiger partial charge on any atom is 0.252 e. The van der Waals surface area contributed by atoms with Gasteiger partial charge in [0.2, 0.25) is 0 Å². The zero-order valence-corrected chi connectivity index (χ0v) is 13.3. The van der Waals surface area contributed by atoms with Gasteiger partial charge in [-0.3, -0.25) is 9.59 Å². The molecule has 5 heteroatoms. The number of rotatable bonds is 5. The number of hydrogen-bond acceptors (Lipinski definition) is 3. The third kappa shape index (κ3) is 4.89. The number of carbonyl (C=O) groups excluding carboxylic acids is 2. The maximum atomic E-state index is 11.9. The molecule has 0 aliphatic heterocycles. The van der Waals surface area contributed by atoms with Crippen molar-refractivity contribution in [3.63, 3.8) is 0 Å². The van der Waals surface area contributed by atoms with E-state index in [-0.39, 0.29) is 19.1 Å². The van der Waals surface area contributed by atoms with Crippen molar-refractivity contribution < 1.29 is 14.3 Å². The molecule has 0 atom stereocenters. The second kappa shape index (κ2) is 8.39. The monoisotopic (exact) mass is 322 g/mol. The minimum atomic E-state index is -0.552. The lowest BCUT2D eigenvalue weighted by atomic mass is 10.1. The molecule has 24 heavy (non-hydrogen) atoms. The van der Waals surface area contributed by atoms with Crippen LogP contribution in [0.5, 0.6) is 5.75 Å². The van der Waals surface area contributed by atoms with E-state index in [4.69, 9.17) is 10.5 Å². The number of para-hydroxylation sites is 1. The molecule has 122 valence electrons. The average Bonchev–Trinajstić information content (AvgIpc) is 2.58. The van der Waals surface area contributed by atoms with Crippen molar-refractivity contribution in [3.8, 4) is 17.6 Å². The Kier molecular flexibility index (Phi) is 5.98. The van der Waals surface area contributed by atoms with E-state index >= 15 is 0 Å². The van der Waals surface area contributed by atoms with E-state index in [9.17, 15) is 9.59 Å². The number of amides is 2. The maximum absolute atomic E-state index is 11.9. The van der Waals surface area contributed by atoms with Gasteiger partial charge in [0.1, 0.15) is 12.4 Å². The molecule has 0 unspecified atom stereocenters. The normalized spacial score (nSPS) is 9.54. The molecule has 0 fully saturated rings. The van der Waals surface area contributed by atoms with Crippen LogP contribution in [0.4, 0.5) is 0 Å². The highest BCUT2D eigenvalue weighted by Crippen LogP contribution is 2.16. The molecule has 0 bridgehead atoms. The summed E-state index contributed by atoms with van der Waals surface area (Å²) in [6.07, 6.45) is 0. The molecule has 2 amide bonds. The Hall–Kier alpha value is -3.26. The van der Waals surface area contributed by atoms with E-state index in [0.717, 1.165) is 5.56 Å². The van der Waals surface area contributed by atoms with Gasteiger partial charge in [-0.2, -0.15) is 0 Å². The smallest absolute Gasteiger partial charge is 0.252 e. The topological polar surface area (TPSA) is 81.4 Å². The van der Waals surface area contributed by atoms with Crippen LogP contribution in [-0.2, 0) is 0 Å². The summed E-state index contributed by atoms with van der Waals surface area (Å²) in [7, 11) is 0. The van der Waals surface area contributed by atoms with Gasteiger partial charge in [0.05, 0.1) is 12.1 Å². The molecule has 0 aliphatic rings. The molecule has 2 aromatic rings. The Morgan fingerprint density at radius 2 is 1.79 bits per heavy atom. The number of ether oxygens (including phenoxy) is 1. The third-order valence-corrected chi connectivity index (χ3v) is 3.23. The first-order valence-corrected chi connectivity index (χ1v) is 7.40. The summed E-state index contributed by atoms with van der Waals surface area (Å²) in [6.45, 7) is 2.28. The quantitative estimate of drug-likeness (QED) is 0.825. The number of benzene rings is 2. The molecule has 2 rings (SSSR count). The molecule has 0 aliphatic carbocycles. The van der Waals surface area contributed by atoms with Gasteiger partial charge >= 0.3 is 0 Å². The SMILES string of the molecule is Cc1ccc(C(=O)NCC#CCOc2ccccc2C(N)=O)cc1. The first kappa shape index (κ1) is 17.1. The number of primary amides is 1. The third-order valence-electron chi connectivity index (χ3n) is 3.23. The predicted molar refractivity (Wildman–Crippen MR) is 91.7 cm³/mol. The van der Waals surface area contributed by atoms with Gasteiger partial charge in [0.15, 0.2) is 0 Å². The Bertz CT molecular complexity index is 786. The van der Waals surface area contributed by atoms with Crippen LogP contribution < -0.4 is 15.8 Å². The second-order valence-electron chi connectivity index (χ2n) is 5.05. The lowest BCUT2D eigenvalue weighted by Crippen LogP contribution is -2.23. The standard InChI is InChI=1S/C19H18N2O3/c1-14-8-10-15(11-9-14)19(23)21-12-4-5-13-24-17-7-3-2-6-16(17)18(20)22/h2-3,6-11H,12-13H2,1H3,(H2,20,22)(H,21,23). The molecule has 3 N–H and O–H groups in total. The zero-order chi connectivity index (χ0) is 17.4. The first-order chi connectivity index (χ1) is 11.6. The number of hydrogen-bond donors (Lipinski definition) is 2. The second-order valence-corrected chi connectivity index (χ2v) is 5.05. The summed E-state index contributed by atoms with van der Waals surface area (Å²) >= 11 is 0. The summed E-state index contributed by atoms with van der Waals surface area (Å²) in [5.74, 6) is 5.23. The summed E-state index contributed by atoms with van der Waals surface area (Å²) < 4.78 is 5.42. The number of aryl methyl sites for hydroxylation is 1. The Morgan fingerprint density at radius 3 is 2.50 bits per heavy atom. The van der Waals surface area contributed by atoms with Gasteiger partial charge in [-0.25, -0.2) is 0 Å². The molecule has 5 nitrogen and oxygen atoms in total. The van der Waals surface area contributed by atoms with Crippen LogP contribution in [-0.4, -0.2) is 25.0 Å². The van der Waals surface area contributed by atoms with Gasteiger partial charge in [0.25, 0.3) is 11.8 Å². The van der Waals surface area contributed by atoms with Crippen molar-refractivity contribution in [1.82, 2.24) is 5.32 Å². The summed E-state index contributed by atoms with van der Waals surface area (Å²) in [6, 6.07) is 14.0.